The fraction of sp³-hybridized carbons (Fsp3) is 0.917. The molecule has 0 N–H and O–H groups in total. The molecule has 1 aliphatic heterocycles. The van der Waals surface area contributed by atoms with Gasteiger partial charge in [-0.3, -0.25) is 4.79 Å². The Labute approximate surface area is 86.0 Å². The van der Waals surface area contributed by atoms with Gasteiger partial charge >= 0.3 is 0 Å². The van der Waals surface area contributed by atoms with Crippen molar-refractivity contribution in [1.29, 1.82) is 0 Å². The molecule has 80 valence electrons. The van der Waals surface area contributed by atoms with Crippen LogP contribution in [0.25, 0.3) is 0 Å². The Morgan fingerprint density at radius 3 is 2.64 bits per heavy atom. The molecule has 14 heavy (non-hydrogen) atoms. The first-order chi connectivity index (χ1) is 6.77. The zero-order valence-electron chi connectivity index (χ0n) is 9.00. The van der Waals surface area contributed by atoms with Gasteiger partial charge in [-0.15, -0.1) is 0 Å². The second-order valence-corrected chi connectivity index (χ2v) is 4.93. The van der Waals surface area contributed by atoms with E-state index in [1.807, 2.05) is 0 Å². The van der Waals surface area contributed by atoms with E-state index in [0.29, 0.717) is 18.3 Å². The summed E-state index contributed by atoms with van der Waals surface area (Å²) in [5.41, 5.74) is 0. The van der Waals surface area contributed by atoms with E-state index in [-0.39, 0.29) is 5.92 Å². The number of carbonyl (C=O) groups excluding carboxylic acids is 1. The first-order valence-corrected chi connectivity index (χ1v) is 5.89. The van der Waals surface area contributed by atoms with Gasteiger partial charge in [0.15, 0.2) is 0 Å². The maximum absolute atomic E-state index is 12.1. The maximum atomic E-state index is 12.1. The molecule has 2 aliphatic rings. The highest BCUT2D eigenvalue weighted by Gasteiger charge is 2.32. The van der Waals surface area contributed by atoms with Crippen LogP contribution in [0.15, 0.2) is 0 Å². The second kappa shape index (κ2) is 4.43. The molecule has 0 radical (unpaired) electrons. The standard InChI is InChI=1S/C12H20O2/c1-9-4-5-10(7-9)12(13)11-3-2-6-14-8-11/h9-11H,2-8H2,1H3. The number of hydrogen-bond donors (Lipinski definition) is 0. The van der Waals surface area contributed by atoms with Gasteiger partial charge in [0.2, 0.25) is 0 Å². The van der Waals surface area contributed by atoms with Gasteiger partial charge in [-0.2, -0.15) is 0 Å². The van der Waals surface area contributed by atoms with Crippen LogP contribution in [0.5, 0.6) is 0 Å². The monoisotopic (exact) mass is 196 g/mol. The van der Waals surface area contributed by atoms with Crippen LogP contribution in [0.3, 0.4) is 0 Å². The van der Waals surface area contributed by atoms with Crippen molar-refractivity contribution in [2.45, 2.75) is 39.0 Å². The molecule has 0 amide bonds. The van der Waals surface area contributed by atoms with Crippen molar-refractivity contribution in [3.05, 3.63) is 0 Å². The molecule has 0 aromatic carbocycles. The average Bonchev–Trinajstić information content (AvgIpc) is 2.65. The van der Waals surface area contributed by atoms with E-state index in [1.54, 1.807) is 0 Å². The summed E-state index contributed by atoms with van der Waals surface area (Å²) >= 11 is 0. The number of Topliss-reactive ketones (excluding diaryl/α,β-unsaturated/α-hetero) is 1. The molecule has 0 aromatic rings. The van der Waals surface area contributed by atoms with Gasteiger partial charge in [-0.1, -0.05) is 6.92 Å². The zero-order valence-corrected chi connectivity index (χ0v) is 9.00. The first kappa shape index (κ1) is 10.2. The average molecular weight is 196 g/mol. The van der Waals surface area contributed by atoms with Crippen LogP contribution >= 0.6 is 0 Å². The molecule has 1 aliphatic carbocycles. The second-order valence-electron chi connectivity index (χ2n) is 4.93. The van der Waals surface area contributed by atoms with Crippen molar-refractivity contribution >= 4 is 5.78 Å². The minimum absolute atomic E-state index is 0.221. The van der Waals surface area contributed by atoms with Crippen molar-refractivity contribution in [3.63, 3.8) is 0 Å². The minimum atomic E-state index is 0.221. The lowest BCUT2D eigenvalue weighted by atomic mass is 9.87. The largest absolute Gasteiger partial charge is 0.381 e. The summed E-state index contributed by atoms with van der Waals surface area (Å²) in [4.78, 5) is 12.1. The molecule has 1 saturated carbocycles. The van der Waals surface area contributed by atoms with Gasteiger partial charge in [-0.05, 0) is 38.0 Å². The molecule has 2 fully saturated rings. The van der Waals surface area contributed by atoms with E-state index >= 15 is 0 Å². The minimum Gasteiger partial charge on any atom is -0.381 e. The Kier molecular flexibility index (Phi) is 3.22. The predicted octanol–water partition coefficient (Wildman–Crippen LogP) is 2.42. The first-order valence-electron chi connectivity index (χ1n) is 5.89. The molecule has 1 saturated heterocycles. The summed E-state index contributed by atoms with van der Waals surface area (Å²) in [5.74, 6) is 1.83. The van der Waals surface area contributed by atoms with E-state index in [4.69, 9.17) is 4.74 Å². The lowest BCUT2D eigenvalue weighted by molar-refractivity contribution is -0.130. The molecular formula is C12H20O2. The third-order valence-corrected chi connectivity index (χ3v) is 3.66. The SMILES string of the molecule is CC1CCC(C(=O)C2CCCOC2)C1. The van der Waals surface area contributed by atoms with Crippen LogP contribution in [0, 0.1) is 17.8 Å². The van der Waals surface area contributed by atoms with Crippen molar-refractivity contribution in [3.8, 4) is 0 Å². The number of carbonyl (C=O) groups is 1. The van der Waals surface area contributed by atoms with Crippen LogP contribution in [0.2, 0.25) is 0 Å². The molecule has 2 nitrogen and oxygen atoms in total. The van der Waals surface area contributed by atoms with Crippen molar-refractivity contribution < 1.29 is 9.53 Å². The molecule has 0 bridgehead atoms. The van der Waals surface area contributed by atoms with Crippen LogP contribution < -0.4 is 0 Å². The van der Waals surface area contributed by atoms with Crippen LogP contribution in [-0.4, -0.2) is 19.0 Å². The van der Waals surface area contributed by atoms with Gasteiger partial charge < -0.3 is 4.74 Å². The summed E-state index contributed by atoms with van der Waals surface area (Å²) < 4.78 is 5.37. The zero-order chi connectivity index (χ0) is 9.97. The maximum Gasteiger partial charge on any atom is 0.141 e. The molecule has 2 heteroatoms. The molecular weight excluding hydrogens is 176 g/mol. The van der Waals surface area contributed by atoms with Gasteiger partial charge in [-0.25, -0.2) is 0 Å². The van der Waals surface area contributed by atoms with Crippen molar-refractivity contribution in [2.24, 2.45) is 17.8 Å². The summed E-state index contributed by atoms with van der Waals surface area (Å²) in [5, 5.41) is 0. The van der Waals surface area contributed by atoms with Gasteiger partial charge in [0, 0.05) is 18.4 Å². The van der Waals surface area contributed by atoms with Crippen LogP contribution in [0.1, 0.15) is 39.0 Å². The van der Waals surface area contributed by atoms with Crippen molar-refractivity contribution in [1.82, 2.24) is 0 Å². The van der Waals surface area contributed by atoms with E-state index in [9.17, 15) is 4.79 Å². The third kappa shape index (κ3) is 2.17. The van der Waals surface area contributed by atoms with Gasteiger partial charge in [0.25, 0.3) is 0 Å². The molecule has 1 heterocycles. The van der Waals surface area contributed by atoms with Gasteiger partial charge in [0.05, 0.1) is 6.61 Å². The van der Waals surface area contributed by atoms with Crippen LogP contribution in [-0.2, 0) is 9.53 Å². The lowest BCUT2D eigenvalue weighted by Gasteiger charge is -2.23. The number of rotatable bonds is 2. The van der Waals surface area contributed by atoms with E-state index in [0.717, 1.165) is 38.2 Å². The normalized spacial score (nSPS) is 38.5. The Balaban J connectivity index is 1.87. The molecule has 3 atom stereocenters. The Hall–Kier alpha value is -0.370. The Morgan fingerprint density at radius 1 is 1.21 bits per heavy atom. The summed E-state index contributed by atoms with van der Waals surface area (Å²) in [6.07, 6.45) is 5.61. The number of hydrogen-bond acceptors (Lipinski definition) is 2. The molecule has 3 unspecified atom stereocenters. The van der Waals surface area contributed by atoms with Crippen molar-refractivity contribution in [2.75, 3.05) is 13.2 Å². The lowest BCUT2D eigenvalue weighted by Crippen LogP contribution is -2.29. The summed E-state index contributed by atoms with van der Waals surface area (Å²) in [7, 11) is 0. The molecule has 0 aromatic heterocycles. The fourth-order valence-electron chi connectivity index (χ4n) is 2.76. The highest BCUT2D eigenvalue weighted by molar-refractivity contribution is 5.83. The van der Waals surface area contributed by atoms with E-state index < -0.39 is 0 Å². The summed E-state index contributed by atoms with van der Waals surface area (Å²) in [6, 6.07) is 0. The highest BCUT2D eigenvalue weighted by Crippen LogP contribution is 2.33. The smallest absolute Gasteiger partial charge is 0.141 e. The highest BCUT2D eigenvalue weighted by atomic mass is 16.5. The molecule has 2 rings (SSSR count). The number of ether oxygens (including phenoxy) is 1. The fourth-order valence-corrected chi connectivity index (χ4v) is 2.76. The topological polar surface area (TPSA) is 26.3 Å². The Bertz CT molecular complexity index is 200. The van der Waals surface area contributed by atoms with E-state index in [1.165, 1.54) is 6.42 Å². The van der Waals surface area contributed by atoms with E-state index in [2.05, 4.69) is 6.92 Å². The quantitative estimate of drug-likeness (QED) is 0.678. The third-order valence-electron chi connectivity index (χ3n) is 3.66. The predicted molar refractivity (Wildman–Crippen MR) is 55.1 cm³/mol. The summed E-state index contributed by atoms with van der Waals surface area (Å²) in [6.45, 7) is 3.79. The van der Waals surface area contributed by atoms with Gasteiger partial charge in [0.1, 0.15) is 5.78 Å². The van der Waals surface area contributed by atoms with Crippen LogP contribution in [0.4, 0.5) is 0 Å². The molecule has 0 spiro atoms. The Morgan fingerprint density at radius 2 is 2.07 bits per heavy atom. The number of ketones is 1.